The molecular weight excluding hydrogens is 335 g/mol. The van der Waals surface area contributed by atoms with Crippen LogP contribution >= 0.6 is 0 Å². The minimum Gasteiger partial charge on any atom is -0.364 e. The van der Waals surface area contributed by atoms with Crippen LogP contribution in [-0.4, -0.2) is 21.9 Å². The largest absolute Gasteiger partial charge is 0.416 e. The Morgan fingerprint density at radius 3 is 2.46 bits per heavy atom. The lowest BCUT2D eigenvalue weighted by Gasteiger charge is -2.12. The van der Waals surface area contributed by atoms with E-state index in [1.807, 2.05) is 0 Å². The van der Waals surface area contributed by atoms with Crippen LogP contribution in [0.25, 0.3) is 0 Å². The van der Waals surface area contributed by atoms with Crippen LogP contribution in [0.1, 0.15) is 32.0 Å². The summed E-state index contributed by atoms with van der Waals surface area (Å²) in [5.74, 6) is -2.24. The summed E-state index contributed by atoms with van der Waals surface area (Å²) in [4.78, 5) is 33.5. The third-order valence-electron chi connectivity index (χ3n) is 2.99. The molecule has 2 aromatic rings. The van der Waals surface area contributed by atoms with Crippen LogP contribution in [0.3, 0.4) is 0 Å². The summed E-state index contributed by atoms with van der Waals surface area (Å²) in [7, 11) is 0. The van der Waals surface area contributed by atoms with Crippen LogP contribution in [0.15, 0.2) is 29.0 Å². The van der Waals surface area contributed by atoms with Crippen molar-refractivity contribution in [2.45, 2.75) is 13.1 Å². The van der Waals surface area contributed by atoms with E-state index in [0.717, 1.165) is 19.3 Å². The van der Waals surface area contributed by atoms with Gasteiger partial charge < -0.3 is 4.52 Å². The Kier molecular flexibility index (Phi) is 4.35. The Morgan fingerprint density at radius 2 is 1.96 bits per heavy atom. The number of hydrogen-bond donors (Lipinski definition) is 1. The summed E-state index contributed by atoms with van der Waals surface area (Å²) in [6, 6.07) is 2.09. The molecular formula is C13H8F3N3O5. The van der Waals surface area contributed by atoms with Gasteiger partial charge in [-0.25, -0.2) is 0 Å². The number of carbonyl (C=O) groups excluding carboxylic acids is 2. The van der Waals surface area contributed by atoms with Gasteiger partial charge in [0.25, 0.3) is 17.5 Å². The van der Waals surface area contributed by atoms with Crippen molar-refractivity contribution in [3.63, 3.8) is 0 Å². The highest BCUT2D eigenvalue weighted by Crippen LogP contribution is 2.35. The fourth-order valence-electron chi connectivity index (χ4n) is 1.90. The zero-order valence-electron chi connectivity index (χ0n) is 11.9. The lowest BCUT2D eigenvalue weighted by Crippen LogP contribution is -2.31. The SMILES string of the molecule is Cc1cc(C(=O)NC(=O)c2ccon2)c([N+](=O)[O-])cc1C(F)(F)F. The van der Waals surface area contributed by atoms with Gasteiger partial charge in [-0.05, 0) is 18.6 Å². The van der Waals surface area contributed by atoms with E-state index in [1.165, 1.54) is 0 Å². The molecule has 1 heterocycles. The number of aromatic nitrogens is 1. The van der Waals surface area contributed by atoms with Crippen LogP contribution in [0.2, 0.25) is 0 Å². The first-order valence-electron chi connectivity index (χ1n) is 6.23. The van der Waals surface area contributed by atoms with Gasteiger partial charge in [0.05, 0.1) is 10.5 Å². The first kappa shape index (κ1) is 17.1. The highest BCUT2D eigenvalue weighted by atomic mass is 19.4. The summed E-state index contributed by atoms with van der Waals surface area (Å²) in [6.07, 6.45) is -3.76. The van der Waals surface area contributed by atoms with Crippen molar-refractivity contribution < 1.29 is 32.2 Å². The maximum atomic E-state index is 12.8. The number of nitrogens with one attached hydrogen (secondary N) is 1. The second kappa shape index (κ2) is 6.10. The van der Waals surface area contributed by atoms with Crippen molar-refractivity contribution in [1.29, 1.82) is 0 Å². The number of nitro benzene ring substituents is 1. The van der Waals surface area contributed by atoms with E-state index < -0.39 is 45.3 Å². The lowest BCUT2D eigenvalue weighted by atomic mass is 10.0. The Balaban J connectivity index is 2.42. The third-order valence-corrected chi connectivity index (χ3v) is 2.99. The number of carbonyl (C=O) groups is 2. The first-order valence-corrected chi connectivity index (χ1v) is 6.23. The van der Waals surface area contributed by atoms with Crippen molar-refractivity contribution in [2.75, 3.05) is 0 Å². The van der Waals surface area contributed by atoms with Crippen LogP contribution in [0.4, 0.5) is 18.9 Å². The lowest BCUT2D eigenvalue weighted by molar-refractivity contribution is -0.385. The molecule has 2 amide bonds. The fourth-order valence-corrected chi connectivity index (χ4v) is 1.90. The number of imide groups is 1. The summed E-state index contributed by atoms with van der Waals surface area (Å²) in [5.41, 5.74) is -3.66. The van der Waals surface area contributed by atoms with Crippen LogP contribution in [-0.2, 0) is 6.18 Å². The fraction of sp³-hybridized carbons (Fsp3) is 0.154. The number of amides is 2. The number of nitro groups is 1. The number of benzene rings is 1. The average Bonchev–Trinajstić information content (AvgIpc) is 2.99. The predicted molar refractivity (Wildman–Crippen MR) is 71.1 cm³/mol. The molecule has 0 unspecified atom stereocenters. The molecule has 0 radical (unpaired) electrons. The van der Waals surface area contributed by atoms with Crippen LogP contribution in [0, 0.1) is 17.0 Å². The number of aryl methyl sites for hydroxylation is 1. The normalized spacial score (nSPS) is 11.2. The topological polar surface area (TPSA) is 115 Å². The van der Waals surface area contributed by atoms with Gasteiger partial charge in [-0.1, -0.05) is 5.16 Å². The highest BCUT2D eigenvalue weighted by molar-refractivity contribution is 6.11. The molecule has 0 bridgehead atoms. The molecule has 0 saturated heterocycles. The van der Waals surface area contributed by atoms with Crippen molar-refractivity contribution in [1.82, 2.24) is 10.5 Å². The van der Waals surface area contributed by atoms with Gasteiger partial charge in [0.1, 0.15) is 11.8 Å². The molecule has 0 saturated carbocycles. The maximum Gasteiger partial charge on any atom is 0.416 e. The van der Waals surface area contributed by atoms with E-state index in [2.05, 4.69) is 9.68 Å². The second-order valence-corrected chi connectivity index (χ2v) is 4.61. The minimum absolute atomic E-state index is 0.255. The smallest absolute Gasteiger partial charge is 0.364 e. The zero-order valence-corrected chi connectivity index (χ0v) is 11.9. The van der Waals surface area contributed by atoms with Gasteiger partial charge >= 0.3 is 6.18 Å². The monoisotopic (exact) mass is 343 g/mol. The number of halogens is 3. The van der Waals surface area contributed by atoms with E-state index in [0.29, 0.717) is 6.07 Å². The first-order chi connectivity index (χ1) is 11.1. The van der Waals surface area contributed by atoms with Crippen LogP contribution < -0.4 is 5.32 Å². The molecule has 0 aliphatic heterocycles. The summed E-state index contributed by atoms with van der Waals surface area (Å²) in [6.45, 7) is 1.04. The van der Waals surface area contributed by atoms with Gasteiger partial charge in [0.15, 0.2) is 5.69 Å². The van der Waals surface area contributed by atoms with Crippen LogP contribution in [0.5, 0.6) is 0 Å². The Hall–Kier alpha value is -3.24. The molecule has 1 aromatic carbocycles. The standard InChI is InChI=1S/C13H8F3N3O5/c1-6-4-7(10(19(22)23)5-8(6)13(14,15)16)11(20)17-12(21)9-2-3-24-18-9/h2-5H,1H3,(H,17,20,21). The Bertz CT molecular complexity index is 815. The Morgan fingerprint density at radius 1 is 1.29 bits per heavy atom. The number of rotatable bonds is 3. The van der Waals surface area contributed by atoms with Gasteiger partial charge in [-0.15, -0.1) is 0 Å². The van der Waals surface area contributed by atoms with Gasteiger partial charge in [0.2, 0.25) is 0 Å². The summed E-state index contributed by atoms with van der Waals surface area (Å²) in [5, 5.41) is 16.0. The van der Waals surface area contributed by atoms with Crippen molar-refractivity contribution in [2.24, 2.45) is 0 Å². The minimum atomic E-state index is -4.82. The number of hydrogen-bond acceptors (Lipinski definition) is 6. The third kappa shape index (κ3) is 3.39. The summed E-state index contributed by atoms with van der Waals surface area (Å²) < 4.78 is 42.9. The molecule has 0 aliphatic carbocycles. The Labute approximate surface area is 131 Å². The second-order valence-electron chi connectivity index (χ2n) is 4.61. The van der Waals surface area contributed by atoms with Gasteiger partial charge in [0, 0.05) is 12.1 Å². The van der Waals surface area contributed by atoms with E-state index >= 15 is 0 Å². The molecule has 24 heavy (non-hydrogen) atoms. The molecule has 1 N–H and O–H groups in total. The number of nitrogens with zero attached hydrogens (tertiary/aromatic N) is 2. The van der Waals surface area contributed by atoms with Gasteiger partial charge in [-0.3, -0.25) is 25.0 Å². The molecule has 8 nitrogen and oxygen atoms in total. The van der Waals surface area contributed by atoms with Crippen molar-refractivity contribution >= 4 is 17.5 Å². The molecule has 0 fully saturated rings. The summed E-state index contributed by atoms with van der Waals surface area (Å²) >= 11 is 0. The van der Waals surface area contributed by atoms with Gasteiger partial charge in [-0.2, -0.15) is 13.2 Å². The van der Waals surface area contributed by atoms with Crippen molar-refractivity contribution in [3.8, 4) is 0 Å². The maximum absolute atomic E-state index is 12.8. The quantitative estimate of drug-likeness (QED) is 0.520. The molecule has 1 aromatic heterocycles. The molecule has 126 valence electrons. The molecule has 0 atom stereocenters. The highest BCUT2D eigenvalue weighted by Gasteiger charge is 2.36. The predicted octanol–water partition coefficient (Wildman–Crippen LogP) is 2.48. The molecule has 0 spiro atoms. The molecule has 0 aliphatic rings. The van der Waals surface area contributed by atoms with E-state index in [9.17, 15) is 32.9 Å². The van der Waals surface area contributed by atoms with E-state index in [-0.39, 0.29) is 11.8 Å². The van der Waals surface area contributed by atoms with E-state index in [4.69, 9.17) is 0 Å². The molecule has 11 heteroatoms. The molecule has 2 rings (SSSR count). The number of alkyl halides is 3. The van der Waals surface area contributed by atoms with E-state index in [1.54, 1.807) is 5.32 Å². The average molecular weight is 343 g/mol. The van der Waals surface area contributed by atoms with Crippen molar-refractivity contribution in [3.05, 3.63) is 57.0 Å². The zero-order chi connectivity index (χ0) is 18.1.